The first-order chi connectivity index (χ1) is 13.7. The molecule has 0 bridgehead atoms. The van der Waals surface area contributed by atoms with Crippen molar-refractivity contribution in [3.63, 3.8) is 0 Å². The van der Waals surface area contributed by atoms with E-state index < -0.39 is 18.5 Å². The number of ether oxygens (including phenoxy) is 1. The van der Waals surface area contributed by atoms with Crippen LogP contribution in [0.1, 0.15) is 38.4 Å². The maximum atomic E-state index is 12.4. The van der Waals surface area contributed by atoms with Crippen LogP contribution in [0.3, 0.4) is 0 Å². The Hall–Kier alpha value is -3.48. The van der Waals surface area contributed by atoms with E-state index in [0.29, 0.717) is 11.4 Å². The standard InChI is InChI=1S/C22H24N4O3/c1-13-6-8-18(15(3)10-13)23-20(27)12-29-22(28)21-17(5)24-26(25-21)19-9-7-14(2)11-16(19)4/h6-11H,12H2,1-5H3,(H,23,27). The first-order valence-electron chi connectivity index (χ1n) is 9.30. The van der Waals surface area contributed by atoms with Crippen molar-refractivity contribution in [2.24, 2.45) is 0 Å². The van der Waals surface area contributed by atoms with Crippen molar-refractivity contribution in [3.8, 4) is 5.69 Å². The fraction of sp³-hybridized carbons (Fsp3) is 0.273. The summed E-state index contributed by atoms with van der Waals surface area (Å²) in [6.45, 7) is 9.12. The summed E-state index contributed by atoms with van der Waals surface area (Å²) < 4.78 is 5.14. The van der Waals surface area contributed by atoms with E-state index in [1.807, 2.05) is 64.1 Å². The van der Waals surface area contributed by atoms with Gasteiger partial charge in [-0.05, 0) is 57.9 Å². The third-order valence-electron chi connectivity index (χ3n) is 4.53. The molecule has 0 radical (unpaired) electrons. The number of aromatic nitrogens is 3. The third kappa shape index (κ3) is 4.68. The molecule has 0 unspecified atom stereocenters. The number of hydrogen-bond donors (Lipinski definition) is 1. The van der Waals surface area contributed by atoms with E-state index in [1.54, 1.807) is 6.92 Å². The number of aryl methyl sites for hydroxylation is 5. The highest BCUT2D eigenvalue weighted by molar-refractivity contribution is 5.95. The number of esters is 1. The first-order valence-corrected chi connectivity index (χ1v) is 9.30. The normalized spacial score (nSPS) is 10.7. The second kappa shape index (κ2) is 8.26. The molecule has 7 heteroatoms. The Labute approximate surface area is 169 Å². The van der Waals surface area contributed by atoms with E-state index in [0.717, 1.165) is 27.9 Å². The average molecular weight is 392 g/mol. The Morgan fingerprint density at radius 3 is 2.24 bits per heavy atom. The Morgan fingerprint density at radius 1 is 0.931 bits per heavy atom. The van der Waals surface area contributed by atoms with E-state index in [9.17, 15) is 9.59 Å². The van der Waals surface area contributed by atoms with E-state index in [-0.39, 0.29) is 5.69 Å². The molecule has 7 nitrogen and oxygen atoms in total. The largest absolute Gasteiger partial charge is 0.451 e. The first kappa shape index (κ1) is 20.3. The number of hydrogen-bond acceptors (Lipinski definition) is 5. The summed E-state index contributed by atoms with van der Waals surface area (Å²) in [4.78, 5) is 26.0. The van der Waals surface area contributed by atoms with Gasteiger partial charge in [0.05, 0.1) is 11.4 Å². The third-order valence-corrected chi connectivity index (χ3v) is 4.53. The highest BCUT2D eigenvalue weighted by Gasteiger charge is 2.20. The lowest BCUT2D eigenvalue weighted by Gasteiger charge is -2.09. The molecule has 0 saturated carbocycles. The predicted octanol–water partition coefficient (Wildman–Crippen LogP) is 3.60. The van der Waals surface area contributed by atoms with Gasteiger partial charge in [0.25, 0.3) is 5.91 Å². The molecule has 0 aliphatic carbocycles. The second-order valence-corrected chi connectivity index (χ2v) is 7.16. The minimum Gasteiger partial charge on any atom is -0.451 e. The van der Waals surface area contributed by atoms with Gasteiger partial charge in [0.2, 0.25) is 0 Å². The summed E-state index contributed by atoms with van der Waals surface area (Å²) in [5.41, 5.74) is 6.16. The van der Waals surface area contributed by atoms with E-state index in [4.69, 9.17) is 4.74 Å². The number of anilines is 1. The Balaban J connectivity index is 1.66. The zero-order valence-electron chi connectivity index (χ0n) is 17.2. The molecule has 2 aromatic carbocycles. The van der Waals surface area contributed by atoms with Crippen molar-refractivity contribution in [1.82, 2.24) is 15.0 Å². The van der Waals surface area contributed by atoms with E-state index >= 15 is 0 Å². The number of benzene rings is 2. The molecule has 0 aliphatic heterocycles. The highest BCUT2D eigenvalue weighted by atomic mass is 16.5. The van der Waals surface area contributed by atoms with Crippen LogP contribution in [-0.2, 0) is 9.53 Å². The topological polar surface area (TPSA) is 86.1 Å². The molecule has 0 aliphatic rings. The predicted molar refractivity (Wildman–Crippen MR) is 110 cm³/mol. The Kier molecular flexibility index (Phi) is 5.77. The zero-order chi connectivity index (χ0) is 21.1. The van der Waals surface area contributed by atoms with Crippen molar-refractivity contribution in [2.45, 2.75) is 34.6 Å². The molecule has 0 fully saturated rings. The van der Waals surface area contributed by atoms with Crippen molar-refractivity contribution in [3.05, 3.63) is 70.0 Å². The highest BCUT2D eigenvalue weighted by Crippen LogP contribution is 2.17. The fourth-order valence-electron chi connectivity index (χ4n) is 3.04. The summed E-state index contributed by atoms with van der Waals surface area (Å²) in [5.74, 6) is -1.10. The molecule has 3 aromatic rings. The van der Waals surface area contributed by atoms with Gasteiger partial charge in [-0.2, -0.15) is 9.90 Å². The van der Waals surface area contributed by atoms with Crippen LogP contribution in [0.4, 0.5) is 5.69 Å². The van der Waals surface area contributed by atoms with Gasteiger partial charge in [-0.1, -0.05) is 35.4 Å². The molecule has 0 spiro atoms. The van der Waals surface area contributed by atoms with Gasteiger partial charge in [-0.25, -0.2) is 4.79 Å². The molecule has 0 saturated heterocycles. The lowest BCUT2D eigenvalue weighted by molar-refractivity contribution is -0.119. The number of carbonyl (C=O) groups excluding carboxylic acids is 2. The molecule has 29 heavy (non-hydrogen) atoms. The van der Waals surface area contributed by atoms with Crippen molar-refractivity contribution >= 4 is 17.6 Å². The van der Waals surface area contributed by atoms with Crippen LogP contribution < -0.4 is 5.32 Å². The maximum absolute atomic E-state index is 12.4. The van der Waals surface area contributed by atoms with Crippen LogP contribution in [0.2, 0.25) is 0 Å². The minimum atomic E-state index is -0.686. The summed E-state index contributed by atoms with van der Waals surface area (Å²) in [6.07, 6.45) is 0. The molecule has 0 atom stereocenters. The maximum Gasteiger partial charge on any atom is 0.361 e. The molecule has 1 heterocycles. The molecular weight excluding hydrogens is 368 g/mol. The van der Waals surface area contributed by atoms with Crippen molar-refractivity contribution in [2.75, 3.05) is 11.9 Å². The van der Waals surface area contributed by atoms with Gasteiger partial charge in [-0.15, -0.1) is 5.10 Å². The van der Waals surface area contributed by atoms with Crippen molar-refractivity contribution in [1.29, 1.82) is 0 Å². The number of rotatable bonds is 5. The molecule has 1 amide bonds. The summed E-state index contributed by atoms with van der Waals surface area (Å²) in [7, 11) is 0. The van der Waals surface area contributed by atoms with Crippen LogP contribution >= 0.6 is 0 Å². The molecule has 1 aromatic heterocycles. The SMILES string of the molecule is Cc1ccc(NC(=O)COC(=O)c2nn(-c3ccc(C)cc3C)nc2C)c(C)c1. The average Bonchev–Trinajstić information content (AvgIpc) is 3.03. The van der Waals surface area contributed by atoms with Crippen LogP contribution in [0.25, 0.3) is 5.69 Å². The Bertz CT molecular complexity index is 1090. The molecular formula is C22H24N4O3. The number of amides is 1. The number of nitrogens with zero attached hydrogens (tertiary/aromatic N) is 3. The number of carbonyl (C=O) groups is 2. The minimum absolute atomic E-state index is 0.0873. The van der Waals surface area contributed by atoms with Gasteiger partial charge in [-0.3, -0.25) is 4.79 Å². The lowest BCUT2D eigenvalue weighted by atomic mass is 10.1. The van der Waals surface area contributed by atoms with Gasteiger partial charge < -0.3 is 10.1 Å². The van der Waals surface area contributed by atoms with Gasteiger partial charge in [0.1, 0.15) is 0 Å². The number of nitrogens with one attached hydrogen (secondary N) is 1. The molecule has 3 rings (SSSR count). The monoisotopic (exact) mass is 392 g/mol. The van der Waals surface area contributed by atoms with Crippen LogP contribution in [-0.4, -0.2) is 33.5 Å². The lowest BCUT2D eigenvalue weighted by Crippen LogP contribution is -2.22. The summed E-state index contributed by atoms with van der Waals surface area (Å²) in [5, 5.41) is 11.3. The molecule has 150 valence electrons. The van der Waals surface area contributed by atoms with E-state index in [2.05, 4.69) is 15.5 Å². The van der Waals surface area contributed by atoms with E-state index in [1.165, 1.54) is 4.80 Å². The summed E-state index contributed by atoms with van der Waals surface area (Å²) in [6, 6.07) is 11.6. The second-order valence-electron chi connectivity index (χ2n) is 7.16. The zero-order valence-corrected chi connectivity index (χ0v) is 17.2. The van der Waals surface area contributed by atoms with Crippen LogP contribution in [0, 0.1) is 34.6 Å². The molecule has 1 N–H and O–H groups in total. The quantitative estimate of drug-likeness (QED) is 0.671. The van der Waals surface area contributed by atoms with Crippen molar-refractivity contribution < 1.29 is 14.3 Å². The summed E-state index contributed by atoms with van der Waals surface area (Å²) >= 11 is 0. The smallest absolute Gasteiger partial charge is 0.361 e. The fourth-order valence-corrected chi connectivity index (χ4v) is 3.04. The Morgan fingerprint density at radius 2 is 1.59 bits per heavy atom. The van der Waals surface area contributed by atoms with Gasteiger partial charge in [0, 0.05) is 5.69 Å². The van der Waals surface area contributed by atoms with Gasteiger partial charge in [0.15, 0.2) is 12.3 Å². The van der Waals surface area contributed by atoms with Crippen LogP contribution in [0.15, 0.2) is 36.4 Å². The van der Waals surface area contributed by atoms with Crippen LogP contribution in [0.5, 0.6) is 0 Å². The van der Waals surface area contributed by atoms with Gasteiger partial charge >= 0.3 is 5.97 Å².